The first kappa shape index (κ1) is 19.7. The minimum atomic E-state index is -1.11. The van der Waals surface area contributed by atoms with Gasteiger partial charge < -0.3 is 9.52 Å². The van der Waals surface area contributed by atoms with Crippen LogP contribution < -0.4 is 5.76 Å². The first-order valence-electron chi connectivity index (χ1n) is 8.72. The van der Waals surface area contributed by atoms with Crippen molar-refractivity contribution in [3.63, 3.8) is 0 Å². The van der Waals surface area contributed by atoms with Gasteiger partial charge in [0.25, 0.3) is 0 Å². The van der Waals surface area contributed by atoms with Gasteiger partial charge in [-0.05, 0) is 56.7 Å². The van der Waals surface area contributed by atoms with Gasteiger partial charge >= 0.3 is 11.8 Å². The lowest BCUT2D eigenvalue weighted by Gasteiger charge is -2.36. The van der Waals surface area contributed by atoms with Gasteiger partial charge in [0.2, 0.25) is 0 Å². The van der Waals surface area contributed by atoms with Crippen molar-refractivity contribution in [3.05, 3.63) is 45.8 Å². The van der Waals surface area contributed by atoms with E-state index in [1.165, 1.54) is 20.8 Å². The van der Waals surface area contributed by atoms with E-state index in [2.05, 4.69) is 6.07 Å². The van der Waals surface area contributed by atoms with Crippen LogP contribution in [0.25, 0.3) is 21.5 Å². The molecule has 28 heavy (non-hydrogen) atoms. The van der Waals surface area contributed by atoms with Crippen LogP contribution >= 0.6 is 11.3 Å². The molecule has 3 rings (SSSR count). The molecule has 2 heterocycles. The van der Waals surface area contributed by atoms with Crippen LogP contribution in [-0.2, 0) is 13.5 Å². The van der Waals surface area contributed by atoms with Gasteiger partial charge in [0.05, 0.1) is 11.6 Å². The quantitative estimate of drug-likeness (QED) is 0.713. The molecule has 0 aliphatic heterocycles. The molecule has 0 radical (unpaired) electrons. The number of benzene rings is 1. The van der Waals surface area contributed by atoms with Crippen molar-refractivity contribution in [2.24, 2.45) is 7.05 Å². The molecule has 3 aromatic rings. The predicted molar refractivity (Wildman–Crippen MR) is 107 cm³/mol. The first-order chi connectivity index (χ1) is 13.1. The summed E-state index contributed by atoms with van der Waals surface area (Å²) in [5, 5.41) is 19.1. The van der Waals surface area contributed by atoms with Gasteiger partial charge in [-0.2, -0.15) is 5.26 Å². The lowest BCUT2D eigenvalue weighted by Crippen LogP contribution is -2.51. The van der Waals surface area contributed by atoms with Gasteiger partial charge in [-0.25, -0.2) is 9.59 Å². The van der Waals surface area contributed by atoms with Crippen LogP contribution in [0.2, 0.25) is 0 Å². The summed E-state index contributed by atoms with van der Waals surface area (Å²) in [4.78, 5) is 26.4. The van der Waals surface area contributed by atoms with Crippen molar-refractivity contribution in [2.45, 2.75) is 38.8 Å². The number of amides is 1. The highest BCUT2D eigenvalue weighted by Gasteiger charge is 2.33. The second-order valence-electron chi connectivity index (χ2n) is 7.55. The molecule has 0 saturated heterocycles. The molecule has 1 aromatic carbocycles. The number of nitrogens with zero attached hydrogens (tertiary/aromatic N) is 3. The zero-order valence-electron chi connectivity index (χ0n) is 16.1. The molecule has 1 atom stereocenters. The highest BCUT2D eigenvalue weighted by Crippen LogP contribution is 2.32. The number of oxazole rings is 1. The first-order valence-corrected chi connectivity index (χ1v) is 9.54. The third-order valence-electron chi connectivity index (χ3n) is 4.52. The molecule has 0 fully saturated rings. The maximum atomic E-state index is 11.7. The van der Waals surface area contributed by atoms with E-state index in [0.717, 1.165) is 15.3 Å². The van der Waals surface area contributed by atoms with Crippen LogP contribution in [-0.4, -0.2) is 32.2 Å². The summed E-state index contributed by atoms with van der Waals surface area (Å²) in [6.45, 7) is 5.32. The number of hydrogen-bond donors (Lipinski definition) is 1. The molecule has 146 valence electrons. The summed E-state index contributed by atoms with van der Waals surface area (Å²) in [6, 6.07) is 10.7. The van der Waals surface area contributed by atoms with E-state index >= 15 is 0 Å². The fourth-order valence-electron chi connectivity index (χ4n) is 3.20. The lowest BCUT2D eigenvalue weighted by molar-refractivity contribution is 0.0852. The predicted octanol–water partition coefficient (Wildman–Crippen LogP) is 4.07. The van der Waals surface area contributed by atoms with Crippen LogP contribution in [0.3, 0.4) is 0 Å². The molecule has 0 saturated carbocycles. The van der Waals surface area contributed by atoms with E-state index in [4.69, 9.17) is 4.42 Å². The molecule has 0 bridgehead atoms. The maximum absolute atomic E-state index is 11.7. The summed E-state index contributed by atoms with van der Waals surface area (Å²) in [6.07, 6.45) is -0.792. The Labute approximate surface area is 166 Å². The molecular weight excluding hydrogens is 378 g/mol. The number of thiophene rings is 1. The SMILES string of the molecule is Cn1c(=O)oc2ccc(-c3ccc(C[C@@H](C#N)N(C(=O)O)C(C)(C)C)s3)cc21. The Morgan fingerprint density at radius 1 is 1.36 bits per heavy atom. The zero-order valence-corrected chi connectivity index (χ0v) is 16.9. The molecule has 0 spiro atoms. The minimum absolute atomic E-state index is 0.317. The standard InChI is InChI=1S/C20H21N3O4S/c1-20(2,3)23(18(24)25)13(11-21)10-14-6-8-17(28-14)12-5-7-16-15(9-12)22(4)19(26)27-16/h5-9,13H,10H2,1-4H3,(H,24,25)/t13-/m0/s1. The molecule has 1 amide bonds. The minimum Gasteiger partial charge on any atom is -0.465 e. The fraction of sp³-hybridized carbons (Fsp3) is 0.350. The molecule has 8 heteroatoms. The van der Waals surface area contributed by atoms with Crippen molar-refractivity contribution in [2.75, 3.05) is 0 Å². The van der Waals surface area contributed by atoms with Crippen LogP contribution in [0, 0.1) is 11.3 Å². The number of nitriles is 1. The van der Waals surface area contributed by atoms with Crippen LogP contribution in [0.1, 0.15) is 25.6 Å². The Morgan fingerprint density at radius 2 is 2.07 bits per heavy atom. The van der Waals surface area contributed by atoms with Gasteiger partial charge in [0, 0.05) is 28.8 Å². The number of fused-ring (bicyclic) bond motifs is 1. The highest BCUT2D eigenvalue weighted by atomic mass is 32.1. The maximum Gasteiger partial charge on any atom is 0.419 e. The van der Waals surface area contributed by atoms with E-state index in [9.17, 15) is 20.0 Å². The van der Waals surface area contributed by atoms with E-state index in [1.54, 1.807) is 33.9 Å². The van der Waals surface area contributed by atoms with Crippen molar-refractivity contribution in [1.29, 1.82) is 5.26 Å². The molecule has 0 aliphatic rings. The molecule has 1 N–H and O–H groups in total. The topological polar surface area (TPSA) is 99.5 Å². The third-order valence-corrected chi connectivity index (χ3v) is 5.68. The summed E-state index contributed by atoms with van der Waals surface area (Å²) in [5.41, 5.74) is 1.49. The van der Waals surface area contributed by atoms with Crippen LogP contribution in [0.5, 0.6) is 0 Å². The average molecular weight is 399 g/mol. The Kier molecular flexibility index (Phi) is 5.04. The lowest BCUT2D eigenvalue weighted by atomic mass is 10.0. The van der Waals surface area contributed by atoms with Crippen molar-refractivity contribution in [3.8, 4) is 16.5 Å². The van der Waals surface area contributed by atoms with Crippen molar-refractivity contribution >= 4 is 28.5 Å². The molecule has 2 aromatic heterocycles. The number of carboxylic acid groups (broad SMARTS) is 1. The van der Waals surface area contributed by atoms with E-state index in [0.29, 0.717) is 17.5 Å². The largest absolute Gasteiger partial charge is 0.465 e. The fourth-order valence-corrected chi connectivity index (χ4v) is 4.24. The van der Waals surface area contributed by atoms with E-state index in [1.807, 2.05) is 24.3 Å². The Hall–Kier alpha value is -3.05. The summed E-state index contributed by atoms with van der Waals surface area (Å²) in [5.74, 6) is -0.410. The Morgan fingerprint density at radius 3 is 2.68 bits per heavy atom. The third kappa shape index (κ3) is 3.66. The van der Waals surface area contributed by atoms with Gasteiger partial charge in [-0.1, -0.05) is 0 Å². The van der Waals surface area contributed by atoms with Crippen LogP contribution in [0.15, 0.2) is 39.5 Å². The Balaban J connectivity index is 1.89. The summed E-state index contributed by atoms with van der Waals surface area (Å²) < 4.78 is 6.61. The van der Waals surface area contributed by atoms with Gasteiger partial charge in [0.15, 0.2) is 5.58 Å². The van der Waals surface area contributed by atoms with Crippen LogP contribution in [0.4, 0.5) is 4.79 Å². The van der Waals surface area contributed by atoms with Gasteiger partial charge in [-0.3, -0.25) is 9.47 Å². The summed E-state index contributed by atoms with van der Waals surface area (Å²) >= 11 is 1.50. The van der Waals surface area contributed by atoms with Gasteiger partial charge in [0.1, 0.15) is 6.04 Å². The molecule has 7 nitrogen and oxygen atoms in total. The summed E-state index contributed by atoms with van der Waals surface area (Å²) in [7, 11) is 1.66. The molecular formula is C20H21N3O4S. The Bertz CT molecular complexity index is 1130. The smallest absolute Gasteiger partial charge is 0.419 e. The second kappa shape index (κ2) is 7.17. The van der Waals surface area contributed by atoms with Crippen molar-refractivity contribution < 1.29 is 14.3 Å². The van der Waals surface area contributed by atoms with Gasteiger partial charge in [-0.15, -0.1) is 11.3 Å². The van der Waals surface area contributed by atoms with E-state index < -0.39 is 23.4 Å². The monoisotopic (exact) mass is 399 g/mol. The van der Waals surface area contributed by atoms with E-state index in [-0.39, 0.29) is 0 Å². The molecule has 0 aliphatic carbocycles. The number of carbonyl (C=O) groups is 1. The number of rotatable bonds is 4. The average Bonchev–Trinajstić information content (AvgIpc) is 3.17. The molecule has 0 unspecified atom stereocenters. The highest BCUT2D eigenvalue weighted by molar-refractivity contribution is 7.15. The second-order valence-corrected chi connectivity index (χ2v) is 8.72. The van der Waals surface area contributed by atoms with Crippen molar-refractivity contribution in [1.82, 2.24) is 9.47 Å². The number of hydrogen-bond acceptors (Lipinski definition) is 5. The zero-order chi connectivity index (χ0) is 20.6. The number of aromatic nitrogens is 1. The number of aryl methyl sites for hydroxylation is 1. The normalized spacial score (nSPS) is 12.7.